The second-order valence-corrected chi connectivity index (χ2v) is 12.1. The van der Waals surface area contributed by atoms with E-state index in [2.05, 4.69) is 40.3 Å². The van der Waals surface area contributed by atoms with E-state index in [0.29, 0.717) is 58.7 Å². The molecule has 3 aliphatic rings. The van der Waals surface area contributed by atoms with E-state index >= 15 is 0 Å². The number of β-amino-alcohol motifs (C(OH)–C–C–N with tert-alkyl or cyclic N) is 1. The maximum absolute atomic E-state index is 12.5. The molecule has 1 aromatic heterocycles. The maximum atomic E-state index is 12.5. The van der Waals surface area contributed by atoms with Crippen LogP contribution >= 0.6 is 0 Å². The molecule has 0 spiro atoms. The van der Waals surface area contributed by atoms with Crippen molar-refractivity contribution in [3.63, 3.8) is 0 Å². The number of piperazine rings is 1. The van der Waals surface area contributed by atoms with E-state index in [1.54, 1.807) is 11.0 Å². The summed E-state index contributed by atoms with van der Waals surface area (Å²) in [5.74, 6) is 0.815. The molecule has 3 atom stereocenters. The van der Waals surface area contributed by atoms with Crippen LogP contribution in [0.3, 0.4) is 0 Å². The van der Waals surface area contributed by atoms with E-state index < -0.39 is 0 Å². The van der Waals surface area contributed by atoms with Gasteiger partial charge >= 0.3 is 6.01 Å². The number of hydrogen-bond acceptors (Lipinski definition) is 10. The number of anilines is 2. The standard InChI is InChI=1S/C33H39N7O4/c1-4-30(43)40-13-12-39(17-23(40)8-10-34)32-27-9-11-38(29-16-25(41)14-22-7-5-6-21(2)31(22)29)19-28(27)35-33(36-32)44-20-24-15-26(42)18-37(24)3/h4-7,14,16,23-24,26,41-42H,1,8-9,11-13,15,17-20H2,2-3H3/t23-,24-,26?/m0/s1. The minimum atomic E-state index is -0.380. The van der Waals surface area contributed by atoms with Crippen LogP contribution in [0, 0.1) is 18.3 Å². The number of carbonyl (C=O) groups is 1. The molecule has 2 aromatic carbocycles. The Bertz CT molecular complexity index is 1620. The smallest absolute Gasteiger partial charge is 0.318 e. The molecule has 1 unspecified atom stereocenters. The zero-order valence-electron chi connectivity index (χ0n) is 25.3. The number of ether oxygens (including phenoxy) is 1. The van der Waals surface area contributed by atoms with Crippen LogP contribution in [0.2, 0.25) is 0 Å². The number of nitriles is 1. The van der Waals surface area contributed by atoms with Gasteiger partial charge in [-0.3, -0.25) is 9.69 Å². The van der Waals surface area contributed by atoms with E-state index in [1.807, 2.05) is 25.2 Å². The third-order valence-corrected chi connectivity index (χ3v) is 9.15. The Balaban J connectivity index is 1.35. The van der Waals surface area contributed by atoms with Gasteiger partial charge in [0.1, 0.15) is 18.2 Å². The zero-order valence-corrected chi connectivity index (χ0v) is 25.3. The highest BCUT2D eigenvalue weighted by molar-refractivity contribution is 5.98. The van der Waals surface area contributed by atoms with E-state index in [4.69, 9.17) is 14.7 Å². The van der Waals surface area contributed by atoms with Gasteiger partial charge in [0.05, 0.1) is 36.9 Å². The number of fused-ring (bicyclic) bond motifs is 2. The number of benzene rings is 2. The highest BCUT2D eigenvalue weighted by atomic mass is 16.5. The number of aromatic hydroxyl groups is 1. The van der Waals surface area contributed by atoms with Crippen LogP contribution in [0.25, 0.3) is 10.8 Å². The Labute approximate surface area is 257 Å². The summed E-state index contributed by atoms with van der Waals surface area (Å²) in [7, 11) is 1.97. The lowest BCUT2D eigenvalue weighted by Crippen LogP contribution is -2.55. The predicted octanol–water partition coefficient (Wildman–Crippen LogP) is 2.77. The number of phenolic OH excluding ortho intramolecular Hbond substituents is 1. The van der Waals surface area contributed by atoms with Crippen LogP contribution in [-0.4, -0.2) is 100 Å². The summed E-state index contributed by atoms with van der Waals surface area (Å²) in [5, 5.41) is 32.3. The molecule has 3 aromatic rings. The van der Waals surface area contributed by atoms with Crippen LogP contribution < -0.4 is 14.5 Å². The number of amides is 1. The Morgan fingerprint density at radius 3 is 2.77 bits per heavy atom. The normalized spacial score (nSPS) is 22.1. The van der Waals surface area contributed by atoms with Crippen LogP contribution in [0.15, 0.2) is 43.0 Å². The van der Waals surface area contributed by atoms with Crippen LogP contribution in [-0.2, 0) is 17.8 Å². The quantitative estimate of drug-likeness (QED) is 0.392. The first-order chi connectivity index (χ1) is 21.2. The molecule has 0 aliphatic carbocycles. The van der Waals surface area contributed by atoms with Crippen molar-refractivity contribution in [1.82, 2.24) is 19.8 Å². The molecule has 0 radical (unpaired) electrons. The molecule has 3 aliphatic heterocycles. The molecule has 6 rings (SSSR count). The van der Waals surface area contributed by atoms with Crippen LogP contribution in [0.4, 0.5) is 11.5 Å². The second kappa shape index (κ2) is 12.3. The molecule has 1 amide bonds. The van der Waals surface area contributed by atoms with Crippen LogP contribution in [0.1, 0.15) is 29.7 Å². The van der Waals surface area contributed by atoms with Gasteiger partial charge < -0.3 is 29.6 Å². The first-order valence-electron chi connectivity index (χ1n) is 15.2. The van der Waals surface area contributed by atoms with Gasteiger partial charge in [-0.1, -0.05) is 24.8 Å². The maximum Gasteiger partial charge on any atom is 0.318 e. The van der Waals surface area contributed by atoms with Gasteiger partial charge in [-0.15, -0.1) is 0 Å². The summed E-state index contributed by atoms with van der Waals surface area (Å²) >= 11 is 0. The van der Waals surface area contributed by atoms with Crippen molar-refractivity contribution in [1.29, 1.82) is 5.26 Å². The SMILES string of the molecule is C=CC(=O)N1CCN(c2nc(OC[C@@H]3CC(O)CN3C)nc3c2CCN(c2cc(O)cc4cccc(C)c24)C3)C[C@@H]1CC#N. The molecular weight excluding hydrogens is 558 g/mol. The van der Waals surface area contributed by atoms with Gasteiger partial charge in [-0.25, -0.2) is 0 Å². The topological polar surface area (TPSA) is 129 Å². The lowest BCUT2D eigenvalue weighted by molar-refractivity contribution is -0.128. The van der Waals surface area contributed by atoms with E-state index in [1.165, 1.54) is 6.08 Å². The largest absolute Gasteiger partial charge is 0.508 e. The Hall–Kier alpha value is -4.40. The molecule has 230 valence electrons. The summed E-state index contributed by atoms with van der Waals surface area (Å²) in [6, 6.07) is 12.0. The number of aromatic nitrogens is 2. The number of nitrogens with zero attached hydrogens (tertiary/aromatic N) is 7. The summed E-state index contributed by atoms with van der Waals surface area (Å²) in [4.78, 5) is 30.6. The lowest BCUT2D eigenvalue weighted by Gasteiger charge is -2.42. The average Bonchev–Trinajstić information content (AvgIpc) is 3.34. The summed E-state index contributed by atoms with van der Waals surface area (Å²) in [6.45, 7) is 9.36. The fourth-order valence-electron chi connectivity index (χ4n) is 6.89. The Morgan fingerprint density at radius 1 is 1.18 bits per heavy atom. The minimum absolute atomic E-state index is 0.0553. The molecule has 4 heterocycles. The molecule has 44 heavy (non-hydrogen) atoms. The predicted molar refractivity (Wildman–Crippen MR) is 168 cm³/mol. The molecule has 11 nitrogen and oxygen atoms in total. The summed E-state index contributed by atoms with van der Waals surface area (Å²) < 4.78 is 6.22. The van der Waals surface area contributed by atoms with Gasteiger partial charge in [-0.2, -0.15) is 15.2 Å². The van der Waals surface area contributed by atoms with Crippen LogP contribution in [0.5, 0.6) is 11.8 Å². The highest BCUT2D eigenvalue weighted by Crippen LogP contribution is 2.38. The van der Waals surface area contributed by atoms with Gasteiger partial charge in [0, 0.05) is 61.5 Å². The van der Waals surface area contributed by atoms with Crippen molar-refractivity contribution in [2.24, 2.45) is 0 Å². The number of phenols is 1. The molecule has 2 N–H and O–H groups in total. The molecule has 2 fully saturated rings. The summed E-state index contributed by atoms with van der Waals surface area (Å²) in [6.07, 6.45) is 2.44. The average molecular weight is 598 g/mol. The summed E-state index contributed by atoms with van der Waals surface area (Å²) in [5.41, 5.74) is 3.97. The Kier molecular flexibility index (Phi) is 8.29. The van der Waals surface area contributed by atoms with E-state index in [0.717, 1.165) is 39.1 Å². The van der Waals surface area contributed by atoms with Crippen molar-refractivity contribution < 1.29 is 19.7 Å². The van der Waals surface area contributed by atoms with Gasteiger partial charge in [-0.05, 0) is 49.9 Å². The number of rotatable bonds is 7. The number of hydrogen-bond donors (Lipinski definition) is 2. The third kappa shape index (κ3) is 5.75. The van der Waals surface area contributed by atoms with Crippen molar-refractivity contribution in [2.75, 3.05) is 56.2 Å². The van der Waals surface area contributed by atoms with Gasteiger partial charge in [0.2, 0.25) is 5.91 Å². The Morgan fingerprint density at radius 2 is 2.02 bits per heavy atom. The fourth-order valence-corrected chi connectivity index (χ4v) is 6.89. The first kappa shape index (κ1) is 29.7. The third-order valence-electron chi connectivity index (χ3n) is 9.15. The van der Waals surface area contributed by atoms with E-state index in [9.17, 15) is 20.3 Å². The van der Waals surface area contributed by atoms with Crippen molar-refractivity contribution in [3.05, 3.63) is 59.8 Å². The first-order valence-corrected chi connectivity index (χ1v) is 15.2. The number of likely N-dealkylation sites (N-methyl/N-ethyl adjacent to an activating group) is 1. The molecule has 11 heteroatoms. The van der Waals surface area contributed by atoms with Crippen molar-refractivity contribution in [2.45, 2.75) is 50.9 Å². The molecule has 0 bridgehead atoms. The van der Waals surface area contributed by atoms with Gasteiger partial charge in [0.25, 0.3) is 0 Å². The molecular formula is C33H39N7O4. The van der Waals surface area contributed by atoms with E-state index in [-0.39, 0.29) is 42.3 Å². The molecule has 0 saturated carbocycles. The molecule has 2 saturated heterocycles. The zero-order chi connectivity index (χ0) is 31.0. The number of likely N-dealkylation sites (tertiary alicyclic amines) is 1. The monoisotopic (exact) mass is 597 g/mol. The van der Waals surface area contributed by atoms with Crippen molar-refractivity contribution in [3.8, 4) is 17.8 Å². The fraction of sp³-hybridized carbons (Fsp3) is 0.455. The van der Waals surface area contributed by atoms with Gasteiger partial charge in [0.15, 0.2) is 0 Å². The second-order valence-electron chi connectivity index (χ2n) is 12.1. The lowest BCUT2D eigenvalue weighted by atomic mass is 9.99. The number of carbonyl (C=O) groups excluding carboxylic acids is 1. The number of aliphatic hydroxyl groups excluding tert-OH is 1. The number of aliphatic hydroxyl groups is 1. The minimum Gasteiger partial charge on any atom is -0.508 e. The highest BCUT2D eigenvalue weighted by Gasteiger charge is 2.34. The number of aryl methyl sites for hydroxylation is 1. The van der Waals surface area contributed by atoms with Crippen molar-refractivity contribution >= 4 is 28.2 Å².